The highest BCUT2D eigenvalue weighted by Gasteiger charge is 2.22. The molecule has 0 aliphatic carbocycles. The van der Waals surface area contributed by atoms with Gasteiger partial charge in [0.05, 0.1) is 16.8 Å². The molecule has 27 heavy (non-hydrogen) atoms. The first kappa shape index (κ1) is 17.2. The van der Waals surface area contributed by atoms with Gasteiger partial charge in [0.15, 0.2) is 0 Å². The van der Waals surface area contributed by atoms with E-state index in [4.69, 9.17) is 11.6 Å². The van der Waals surface area contributed by atoms with Crippen LogP contribution in [0.15, 0.2) is 72.9 Å². The van der Waals surface area contributed by atoms with Crippen LogP contribution in [-0.4, -0.2) is 15.9 Å². The number of nitrogens with one attached hydrogen (secondary N) is 2. The SMILES string of the molecule is O=C(N[C@H](c1ccccc1)c1ccccn1)c1[nH]c2ccc(F)cc2c1Cl. The number of H-pyrrole nitrogens is 1. The van der Waals surface area contributed by atoms with Gasteiger partial charge in [-0.25, -0.2) is 4.39 Å². The first-order valence-electron chi connectivity index (χ1n) is 8.37. The van der Waals surface area contributed by atoms with Crippen LogP contribution in [0.25, 0.3) is 10.9 Å². The molecule has 0 fully saturated rings. The Morgan fingerprint density at radius 1 is 1.07 bits per heavy atom. The van der Waals surface area contributed by atoms with E-state index in [1.165, 1.54) is 12.1 Å². The molecule has 2 aromatic carbocycles. The van der Waals surface area contributed by atoms with Crippen molar-refractivity contribution in [3.05, 3.63) is 101 Å². The molecule has 0 spiro atoms. The Labute approximate surface area is 160 Å². The number of aromatic amines is 1. The molecule has 2 N–H and O–H groups in total. The molecule has 2 aromatic heterocycles. The smallest absolute Gasteiger partial charge is 0.270 e. The molecule has 0 radical (unpaired) electrons. The van der Waals surface area contributed by atoms with E-state index in [1.54, 1.807) is 12.3 Å². The van der Waals surface area contributed by atoms with Gasteiger partial charge in [-0.2, -0.15) is 0 Å². The maximum Gasteiger partial charge on any atom is 0.270 e. The van der Waals surface area contributed by atoms with Crippen molar-refractivity contribution < 1.29 is 9.18 Å². The molecule has 4 rings (SSSR count). The summed E-state index contributed by atoms with van der Waals surface area (Å²) < 4.78 is 13.5. The van der Waals surface area contributed by atoms with E-state index < -0.39 is 17.8 Å². The van der Waals surface area contributed by atoms with Gasteiger partial charge in [-0.15, -0.1) is 0 Å². The third-order valence-electron chi connectivity index (χ3n) is 4.32. The molecule has 1 amide bonds. The molecule has 0 aliphatic rings. The summed E-state index contributed by atoms with van der Waals surface area (Å²) in [6.07, 6.45) is 1.68. The molecular weight excluding hydrogens is 365 g/mol. The molecular formula is C21H15ClFN3O. The largest absolute Gasteiger partial charge is 0.349 e. The Kier molecular flexibility index (Phi) is 4.60. The van der Waals surface area contributed by atoms with Crippen LogP contribution in [0.5, 0.6) is 0 Å². The third-order valence-corrected chi connectivity index (χ3v) is 4.71. The third kappa shape index (κ3) is 3.41. The summed E-state index contributed by atoms with van der Waals surface area (Å²) in [6.45, 7) is 0. The van der Waals surface area contributed by atoms with E-state index in [-0.39, 0.29) is 10.7 Å². The average Bonchev–Trinajstić information content (AvgIpc) is 3.03. The van der Waals surface area contributed by atoms with Crippen LogP contribution < -0.4 is 5.32 Å². The number of benzene rings is 2. The summed E-state index contributed by atoms with van der Waals surface area (Å²) in [7, 11) is 0. The van der Waals surface area contributed by atoms with Crippen LogP contribution in [-0.2, 0) is 0 Å². The van der Waals surface area contributed by atoms with Gasteiger partial charge in [-0.1, -0.05) is 48.0 Å². The second-order valence-corrected chi connectivity index (χ2v) is 6.45. The molecule has 4 aromatic rings. The van der Waals surface area contributed by atoms with Crippen molar-refractivity contribution in [1.29, 1.82) is 0 Å². The number of aromatic nitrogens is 2. The zero-order valence-electron chi connectivity index (χ0n) is 14.1. The van der Waals surface area contributed by atoms with E-state index in [9.17, 15) is 9.18 Å². The highest BCUT2D eigenvalue weighted by Crippen LogP contribution is 2.29. The molecule has 0 unspecified atom stereocenters. The van der Waals surface area contributed by atoms with E-state index in [2.05, 4.69) is 15.3 Å². The van der Waals surface area contributed by atoms with E-state index in [0.29, 0.717) is 16.6 Å². The Bertz CT molecular complexity index is 1060. The molecule has 0 saturated carbocycles. The number of halogens is 2. The standard InChI is InChI=1S/C21H15ClFN3O/c22-18-15-12-14(23)9-10-16(15)25-20(18)21(27)26-19(13-6-2-1-3-7-13)17-8-4-5-11-24-17/h1-12,19,25H,(H,26,27)/t19-/m1/s1. The predicted octanol–water partition coefficient (Wildman–Crippen LogP) is 4.87. The first-order valence-corrected chi connectivity index (χ1v) is 8.75. The minimum absolute atomic E-state index is 0.189. The quantitative estimate of drug-likeness (QED) is 0.531. The molecule has 1 atom stereocenters. The van der Waals surface area contributed by atoms with Crippen LogP contribution in [0.2, 0.25) is 5.02 Å². The van der Waals surface area contributed by atoms with Crippen LogP contribution >= 0.6 is 11.6 Å². The lowest BCUT2D eigenvalue weighted by molar-refractivity contribution is 0.0938. The lowest BCUT2D eigenvalue weighted by Gasteiger charge is -2.18. The highest BCUT2D eigenvalue weighted by molar-refractivity contribution is 6.38. The van der Waals surface area contributed by atoms with Crippen molar-refractivity contribution in [1.82, 2.24) is 15.3 Å². The zero-order valence-corrected chi connectivity index (χ0v) is 14.9. The van der Waals surface area contributed by atoms with Crippen LogP contribution in [0.1, 0.15) is 27.8 Å². The van der Waals surface area contributed by atoms with E-state index in [0.717, 1.165) is 5.56 Å². The van der Waals surface area contributed by atoms with Crippen molar-refractivity contribution in [3.63, 3.8) is 0 Å². The number of pyridine rings is 1. The molecule has 0 saturated heterocycles. The Hall–Kier alpha value is -3.18. The van der Waals surface area contributed by atoms with Gasteiger partial charge in [0, 0.05) is 17.1 Å². The lowest BCUT2D eigenvalue weighted by atomic mass is 10.0. The number of carbonyl (C=O) groups excluding carboxylic acids is 1. The normalized spacial score (nSPS) is 12.1. The second-order valence-electron chi connectivity index (χ2n) is 6.08. The van der Waals surface area contributed by atoms with Gasteiger partial charge < -0.3 is 10.3 Å². The number of nitrogens with zero attached hydrogens (tertiary/aromatic N) is 1. The number of hydrogen-bond acceptors (Lipinski definition) is 2. The fourth-order valence-corrected chi connectivity index (χ4v) is 3.30. The van der Waals surface area contributed by atoms with E-state index in [1.807, 2.05) is 48.5 Å². The number of rotatable bonds is 4. The van der Waals surface area contributed by atoms with E-state index >= 15 is 0 Å². The maximum absolute atomic E-state index is 13.5. The van der Waals surface area contributed by atoms with Crippen molar-refractivity contribution in [2.75, 3.05) is 0 Å². The topological polar surface area (TPSA) is 57.8 Å². The molecule has 2 heterocycles. The van der Waals surface area contributed by atoms with Crippen LogP contribution in [0, 0.1) is 5.82 Å². The van der Waals surface area contributed by atoms with Gasteiger partial charge in [0.2, 0.25) is 0 Å². The first-order chi connectivity index (χ1) is 13.1. The van der Waals surface area contributed by atoms with Gasteiger partial charge in [0.1, 0.15) is 11.5 Å². The Morgan fingerprint density at radius 2 is 1.85 bits per heavy atom. The van der Waals surface area contributed by atoms with Gasteiger partial charge in [0.25, 0.3) is 5.91 Å². The van der Waals surface area contributed by atoms with Gasteiger partial charge in [-0.05, 0) is 35.9 Å². The van der Waals surface area contributed by atoms with Crippen molar-refractivity contribution in [3.8, 4) is 0 Å². The number of fused-ring (bicyclic) bond motifs is 1. The summed E-state index contributed by atoms with van der Waals surface area (Å²) in [5, 5.41) is 3.63. The number of carbonyl (C=O) groups is 1. The molecule has 134 valence electrons. The molecule has 0 aliphatic heterocycles. The van der Waals surface area contributed by atoms with Crippen LogP contribution in [0.3, 0.4) is 0 Å². The number of hydrogen-bond donors (Lipinski definition) is 2. The Balaban J connectivity index is 1.71. The van der Waals surface area contributed by atoms with Gasteiger partial charge in [-0.3, -0.25) is 9.78 Å². The summed E-state index contributed by atoms with van der Waals surface area (Å²) in [4.78, 5) is 20.3. The van der Waals surface area contributed by atoms with Gasteiger partial charge >= 0.3 is 0 Å². The molecule has 4 nitrogen and oxygen atoms in total. The summed E-state index contributed by atoms with van der Waals surface area (Å²) in [5.41, 5.74) is 2.38. The predicted molar refractivity (Wildman–Crippen MR) is 103 cm³/mol. The molecule has 0 bridgehead atoms. The summed E-state index contributed by atoms with van der Waals surface area (Å²) in [5.74, 6) is -0.804. The summed E-state index contributed by atoms with van der Waals surface area (Å²) >= 11 is 6.33. The second kappa shape index (κ2) is 7.21. The minimum Gasteiger partial charge on any atom is -0.349 e. The highest BCUT2D eigenvalue weighted by atomic mass is 35.5. The monoisotopic (exact) mass is 379 g/mol. The lowest BCUT2D eigenvalue weighted by Crippen LogP contribution is -2.30. The van der Waals surface area contributed by atoms with Crippen molar-refractivity contribution in [2.45, 2.75) is 6.04 Å². The van der Waals surface area contributed by atoms with Crippen molar-refractivity contribution in [2.24, 2.45) is 0 Å². The fraction of sp³-hybridized carbons (Fsp3) is 0.0476. The minimum atomic E-state index is -0.445. The van der Waals surface area contributed by atoms with Crippen molar-refractivity contribution >= 4 is 28.4 Å². The fourth-order valence-electron chi connectivity index (χ4n) is 3.01. The average molecular weight is 380 g/mol. The zero-order chi connectivity index (χ0) is 18.8. The van der Waals surface area contributed by atoms with Crippen LogP contribution in [0.4, 0.5) is 4.39 Å². The maximum atomic E-state index is 13.5. The summed E-state index contributed by atoms with van der Waals surface area (Å²) in [6, 6.07) is 18.8. The number of amides is 1. The molecule has 6 heteroatoms. The Morgan fingerprint density at radius 3 is 2.59 bits per heavy atom.